The quantitative estimate of drug-likeness (QED) is 0.625. The van der Waals surface area contributed by atoms with Gasteiger partial charge in [0.25, 0.3) is 0 Å². The van der Waals surface area contributed by atoms with E-state index in [2.05, 4.69) is 20.4 Å². The maximum absolute atomic E-state index is 13.5. The van der Waals surface area contributed by atoms with Crippen LogP contribution in [0.5, 0.6) is 0 Å². The number of benzene rings is 1. The van der Waals surface area contributed by atoms with Crippen LogP contribution in [0.3, 0.4) is 0 Å². The van der Waals surface area contributed by atoms with Crippen LogP contribution in [-0.2, 0) is 19.1 Å². The van der Waals surface area contributed by atoms with Crippen LogP contribution >= 0.6 is 0 Å². The van der Waals surface area contributed by atoms with Crippen molar-refractivity contribution in [3.8, 4) is 11.6 Å². The monoisotopic (exact) mass is 421 g/mol. The highest BCUT2D eigenvalue weighted by molar-refractivity contribution is 5.90. The molecule has 2 aromatic heterocycles. The van der Waals surface area contributed by atoms with Gasteiger partial charge in [-0.3, -0.25) is 0 Å². The van der Waals surface area contributed by atoms with E-state index >= 15 is 0 Å². The summed E-state index contributed by atoms with van der Waals surface area (Å²) in [5.41, 5.74) is -0.319. The Morgan fingerprint density at radius 2 is 2.00 bits per heavy atom. The van der Waals surface area contributed by atoms with Crippen molar-refractivity contribution in [2.24, 2.45) is 0 Å². The Balaban J connectivity index is 1.58. The third-order valence-corrected chi connectivity index (χ3v) is 4.77. The first-order valence-corrected chi connectivity index (χ1v) is 8.93. The molecule has 1 atom stereocenters. The number of rotatable bonds is 2. The van der Waals surface area contributed by atoms with Crippen molar-refractivity contribution in [2.45, 2.75) is 32.1 Å². The summed E-state index contributed by atoms with van der Waals surface area (Å²) >= 11 is 0. The van der Waals surface area contributed by atoms with E-state index in [9.17, 15) is 22.4 Å². The second-order valence-corrected chi connectivity index (χ2v) is 6.81. The topological polar surface area (TPSA) is 84.2 Å². The van der Waals surface area contributed by atoms with Gasteiger partial charge in [0.05, 0.1) is 17.8 Å². The fourth-order valence-electron chi connectivity index (χ4n) is 3.26. The first-order valence-electron chi connectivity index (χ1n) is 8.93. The molecule has 156 valence electrons. The lowest BCUT2D eigenvalue weighted by Gasteiger charge is -2.32. The van der Waals surface area contributed by atoms with Crippen molar-refractivity contribution < 1.29 is 26.9 Å². The molecule has 30 heavy (non-hydrogen) atoms. The standard InChI is InChI=1S/C19H15F4N5O2/c1-10-7-15-12(16(30-27-15)17-24-5-2-6-25-17)9-28(10)18(29)26-11-3-4-14(20)13(8-11)19(21,22)23/h2-6,8,10H,7,9H2,1H3,(H,26,29). The lowest BCUT2D eigenvalue weighted by Crippen LogP contribution is -2.44. The van der Waals surface area contributed by atoms with Crippen LogP contribution < -0.4 is 5.32 Å². The molecule has 11 heteroatoms. The fraction of sp³-hybridized carbons (Fsp3) is 0.263. The number of amides is 2. The van der Waals surface area contributed by atoms with E-state index in [-0.39, 0.29) is 18.3 Å². The smallest absolute Gasteiger partial charge is 0.352 e. The van der Waals surface area contributed by atoms with Gasteiger partial charge in [-0.2, -0.15) is 13.2 Å². The molecule has 0 saturated heterocycles. The molecule has 0 aliphatic carbocycles. The van der Waals surface area contributed by atoms with Crippen molar-refractivity contribution in [3.05, 3.63) is 59.3 Å². The number of alkyl halides is 3. The summed E-state index contributed by atoms with van der Waals surface area (Å²) in [6.45, 7) is 1.88. The van der Waals surface area contributed by atoms with E-state index in [1.54, 1.807) is 25.4 Å². The Hall–Kier alpha value is -3.50. The summed E-state index contributed by atoms with van der Waals surface area (Å²) in [6, 6.07) is 3.03. The van der Waals surface area contributed by atoms with Gasteiger partial charge in [-0.25, -0.2) is 19.2 Å². The molecule has 0 bridgehead atoms. The van der Waals surface area contributed by atoms with Gasteiger partial charge in [0.1, 0.15) is 5.82 Å². The van der Waals surface area contributed by atoms with Crippen molar-refractivity contribution in [2.75, 3.05) is 5.32 Å². The first-order chi connectivity index (χ1) is 14.2. The molecule has 1 aromatic carbocycles. The SMILES string of the molecule is CC1Cc2noc(-c3ncccn3)c2CN1C(=O)Nc1ccc(F)c(C(F)(F)F)c1. The maximum Gasteiger partial charge on any atom is 0.419 e. The molecule has 3 heterocycles. The fourth-order valence-corrected chi connectivity index (χ4v) is 3.26. The minimum absolute atomic E-state index is 0.104. The number of carbonyl (C=O) groups is 1. The van der Waals surface area contributed by atoms with Gasteiger partial charge in [-0.05, 0) is 31.2 Å². The van der Waals surface area contributed by atoms with Gasteiger partial charge in [0, 0.05) is 36.1 Å². The van der Waals surface area contributed by atoms with Gasteiger partial charge < -0.3 is 14.7 Å². The van der Waals surface area contributed by atoms with Crippen molar-refractivity contribution in [3.63, 3.8) is 0 Å². The normalized spacial score (nSPS) is 16.3. The molecule has 1 aliphatic rings. The Morgan fingerprint density at radius 1 is 1.27 bits per heavy atom. The number of nitrogens with one attached hydrogen (secondary N) is 1. The number of anilines is 1. The summed E-state index contributed by atoms with van der Waals surface area (Å²) in [7, 11) is 0. The molecule has 4 rings (SSSR count). The molecule has 0 saturated carbocycles. The Bertz CT molecular complexity index is 1080. The minimum atomic E-state index is -4.87. The molecular formula is C19H15F4N5O2. The van der Waals surface area contributed by atoms with Crippen LogP contribution in [0, 0.1) is 5.82 Å². The van der Waals surface area contributed by atoms with Gasteiger partial charge in [-0.1, -0.05) is 5.16 Å². The third-order valence-electron chi connectivity index (χ3n) is 4.77. The van der Waals surface area contributed by atoms with E-state index < -0.39 is 23.6 Å². The van der Waals surface area contributed by atoms with E-state index in [1.807, 2.05) is 0 Å². The number of hydrogen-bond acceptors (Lipinski definition) is 5. The lowest BCUT2D eigenvalue weighted by molar-refractivity contribution is -0.139. The van der Waals surface area contributed by atoms with Crippen LogP contribution in [-0.4, -0.2) is 32.1 Å². The molecule has 0 spiro atoms. The highest BCUT2D eigenvalue weighted by atomic mass is 19.4. The van der Waals surface area contributed by atoms with E-state index in [4.69, 9.17) is 4.52 Å². The zero-order chi connectivity index (χ0) is 21.5. The van der Waals surface area contributed by atoms with Gasteiger partial charge in [0.15, 0.2) is 5.82 Å². The first kappa shape index (κ1) is 19.8. The van der Waals surface area contributed by atoms with Crippen LogP contribution in [0.25, 0.3) is 11.6 Å². The average Bonchev–Trinajstić information content (AvgIpc) is 3.11. The van der Waals surface area contributed by atoms with Crippen molar-refractivity contribution >= 4 is 11.7 Å². The van der Waals surface area contributed by atoms with Crippen LogP contribution in [0.4, 0.5) is 28.0 Å². The third kappa shape index (κ3) is 3.70. The molecule has 1 unspecified atom stereocenters. The number of fused-ring (bicyclic) bond motifs is 1. The number of hydrogen-bond donors (Lipinski definition) is 1. The highest BCUT2D eigenvalue weighted by Gasteiger charge is 2.35. The second kappa shape index (κ2) is 7.39. The molecule has 2 amide bonds. The zero-order valence-electron chi connectivity index (χ0n) is 15.6. The highest BCUT2D eigenvalue weighted by Crippen LogP contribution is 2.34. The summed E-state index contributed by atoms with van der Waals surface area (Å²) in [6.07, 6.45) is -1.40. The Morgan fingerprint density at radius 3 is 2.70 bits per heavy atom. The van der Waals surface area contributed by atoms with Crippen LogP contribution in [0.2, 0.25) is 0 Å². The molecule has 0 fully saturated rings. The number of nitrogens with zero attached hydrogens (tertiary/aromatic N) is 4. The molecular weight excluding hydrogens is 406 g/mol. The Labute approximate surface area is 167 Å². The molecule has 3 aromatic rings. The van der Waals surface area contributed by atoms with Gasteiger partial charge >= 0.3 is 12.2 Å². The van der Waals surface area contributed by atoms with Crippen LogP contribution in [0.15, 0.2) is 41.2 Å². The second-order valence-electron chi connectivity index (χ2n) is 6.81. The molecule has 7 nitrogen and oxygen atoms in total. The van der Waals surface area contributed by atoms with E-state index in [0.29, 0.717) is 41.4 Å². The minimum Gasteiger partial charge on any atom is -0.352 e. The largest absolute Gasteiger partial charge is 0.419 e. The lowest BCUT2D eigenvalue weighted by atomic mass is 10.00. The van der Waals surface area contributed by atoms with Crippen LogP contribution in [0.1, 0.15) is 23.7 Å². The van der Waals surface area contributed by atoms with Gasteiger partial charge in [0.2, 0.25) is 5.76 Å². The van der Waals surface area contributed by atoms with Crippen molar-refractivity contribution in [1.29, 1.82) is 0 Å². The zero-order valence-corrected chi connectivity index (χ0v) is 15.6. The average molecular weight is 421 g/mol. The van der Waals surface area contributed by atoms with Crippen molar-refractivity contribution in [1.82, 2.24) is 20.0 Å². The summed E-state index contributed by atoms with van der Waals surface area (Å²) in [4.78, 5) is 22.4. The molecule has 0 radical (unpaired) electrons. The number of carbonyl (C=O) groups excluding carboxylic acids is 1. The van der Waals surface area contributed by atoms with E-state index in [1.165, 1.54) is 4.90 Å². The number of halogens is 4. The van der Waals surface area contributed by atoms with E-state index in [0.717, 1.165) is 6.07 Å². The summed E-state index contributed by atoms with van der Waals surface area (Å²) in [5, 5.41) is 6.43. The maximum atomic E-state index is 13.5. The summed E-state index contributed by atoms with van der Waals surface area (Å²) < 4.78 is 57.6. The number of urea groups is 1. The number of aromatic nitrogens is 3. The molecule has 1 N–H and O–H groups in total. The predicted molar refractivity (Wildman–Crippen MR) is 96.7 cm³/mol. The predicted octanol–water partition coefficient (Wildman–Crippen LogP) is 4.27. The Kier molecular flexibility index (Phi) is 4.88. The molecule has 1 aliphatic heterocycles. The van der Waals surface area contributed by atoms with Gasteiger partial charge in [-0.15, -0.1) is 0 Å². The summed E-state index contributed by atoms with van der Waals surface area (Å²) in [5.74, 6) is -0.764.